The largest absolute Gasteiger partial charge is 0.497 e. The normalized spacial score (nSPS) is 10.7. The van der Waals surface area contributed by atoms with Gasteiger partial charge in [0.1, 0.15) is 17.4 Å². The minimum Gasteiger partial charge on any atom is -0.497 e. The molecule has 3 aromatic rings. The predicted molar refractivity (Wildman–Crippen MR) is 139 cm³/mol. The molecular formula is C26H20BrN3O7. The third kappa shape index (κ3) is 6.50. The zero-order valence-electron chi connectivity index (χ0n) is 19.9. The monoisotopic (exact) mass is 565 g/mol. The summed E-state index contributed by atoms with van der Waals surface area (Å²) >= 11 is 3.34. The van der Waals surface area contributed by atoms with Crippen LogP contribution in [0.15, 0.2) is 64.6 Å². The SMILES string of the molecule is COc1ccc(C(=O)Oc2c(Br)cc(/C=C(\C#N)C(=O)Nc3cc([N+](=O)[O-])ccc3C)cc2OC)cc1. The van der Waals surface area contributed by atoms with Gasteiger partial charge in [0.05, 0.1) is 34.9 Å². The Kier molecular flexibility index (Phi) is 8.60. The summed E-state index contributed by atoms with van der Waals surface area (Å²) in [4.78, 5) is 35.8. The molecule has 3 rings (SSSR count). The van der Waals surface area contributed by atoms with Gasteiger partial charge in [-0.15, -0.1) is 0 Å². The van der Waals surface area contributed by atoms with Crippen LogP contribution in [0.1, 0.15) is 21.5 Å². The minimum absolute atomic E-state index is 0.107. The quantitative estimate of drug-likeness (QED) is 0.0948. The van der Waals surface area contributed by atoms with Crippen molar-refractivity contribution in [1.82, 2.24) is 0 Å². The van der Waals surface area contributed by atoms with E-state index in [9.17, 15) is 25.0 Å². The van der Waals surface area contributed by atoms with Crippen molar-refractivity contribution in [1.29, 1.82) is 5.26 Å². The lowest BCUT2D eigenvalue weighted by Gasteiger charge is -2.13. The molecule has 0 fully saturated rings. The van der Waals surface area contributed by atoms with E-state index in [2.05, 4.69) is 21.2 Å². The van der Waals surface area contributed by atoms with Gasteiger partial charge in [0.2, 0.25) is 0 Å². The Bertz CT molecular complexity index is 1440. The lowest BCUT2D eigenvalue weighted by atomic mass is 10.1. The van der Waals surface area contributed by atoms with Crippen LogP contribution in [0, 0.1) is 28.4 Å². The average Bonchev–Trinajstić information content (AvgIpc) is 2.89. The molecule has 0 aliphatic heterocycles. The molecule has 1 N–H and O–H groups in total. The lowest BCUT2D eigenvalue weighted by Crippen LogP contribution is -2.14. The van der Waals surface area contributed by atoms with Crippen molar-refractivity contribution in [3.8, 4) is 23.3 Å². The van der Waals surface area contributed by atoms with Gasteiger partial charge in [-0.3, -0.25) is 14.9 Å². The second-order valence-electron chi connectivity index (χ2n) is 7.53. The number of hydrogen-bond acceptors (Lipinski definition) is 8. The summed E-state index contributed by atoms with van der Waals surface area (Å²) in [6.45, 7) is 1.67. The van der Waals surface area contributed by atoms with E-state index >= 15 is 0 Å². The number of esters is 1. The van der Waals surface area contributed by atoms with Crippen LogP contribution in [0.3, 0.4) is 0 Å². The molecule has 3 aromatic carbocycles. The first-order valence-electron chi connectivity index (χ1n) is 10.6. The van der Waals surface area contributed by atoms with Crippen LogP contribution in [0.25, 0.3) is 6.08 Å². The van der Waals surface area contributed by atoms with Crippen LogP contribution in [0.5, 0.6) is 17.2 Å². The Morgan fingerprint density at radius 1 is 1.08 bits per heavy atom. The van der Waals surface area contributed by atoms with Crippen molar-refractivity contribution in [2.24, 2.45) is 0 Å². The summed E-state index contributed by atoms with van der Waals surface area (Å²) < 4.78 is 16.3. The number of hydrogen-bond donors (Lipinski definition) is 1. The first-order valence-corrected chi connectivity index (χ1v) is 11.4. The Balaban J connectivity index is 1.86. The maximum atomic E-state index is 12.7. The van der Waals surface area contributed by atoms with E-state index in [-0.39, 0.29) is 28.4 Å². The van der Waals surface area contributed by atoms with Gasteiger partial charge < -0.3 is 19.5 Å². The number of ether oxygens (including phenoxy) is 3. The number of benzene rings is 3. The molecule has 0 atom stereocenters. The van der Waals surface area contributed by atoms with Gasteiger partial charge in [-0.25, -0.2) is 4.79 Å². The number of amides is 1. The number of aryl methyl sites for hydroxylation is 1. The van der Waals surface area contributed by atoms with Gasteiger partial charge in [0, 0.05) is 12.1 Å². The van der Waals surface area contributed by atoms with Crippen LogP contribution >= 0.6 is 15.9 Å². The number of nitriles is 1. The molecule has 0 aliphatic carbocycles. The molecule has 0 aliphatic rings. The van der Waals surface area contributed by atoms with Crippen LogP contribution in [0.4, 0.5) is 11.4 Å². The van der Waals surface area contributed by atoms with Gasteiger partial charge in [0.15, 0.2) is 11.5 Å². The van der Waals surface area contributed by atoms with Crippen molar-refractivity contribution >= 4 is 45.3 Å². The lowest BCUT2D eigenvalue weighted by molar-refractivity contribution is -0.384. The van der Waals surface area contributed by atoms with Crippen molar-refractivity contribution in [3.63, 3.8) is 0 Å². The van der Waals surface area contributed by atoms with Gasteiger partial charge in [-0.2, -0.15) is 5.26 Å². The Morgan fingerprint density at radius 2 is 1.78 bits per heavy atom. The summed E-state index contributed by atoms with van der Waals surface area (Å²) in [5.41, 5.74) is 1.03. The number of halogens is 1. The number of carbonyl (C=O) groups excluding carboxylic acids is 2. The zero-order valence-corrected chi connectivity index (χ0v) is 21.5. The molecule has 188 valence electrons. The number of methoxy groups -OCH3 is 2. The summed E-state index contributed by atoms with van der Waals surface area (Å²) in [6.07, 6.45) is 1.31. The van der Waals surface area contributed by atoms with Crippen molar-refractivity contribution in [3.05, 3.63) is 91.4 Å². The first kappa shape index (κ1) is 26.9. The number of anilines is 1. The van der Waals surface area contributed by atoms with Crippen molar-refractivity contribution in [2.75, 3.05) is 19.5 Å². The smallest absolute Gasteiger partial charge is 0.343 e. The van der Waals surface area contributed by atoms with Gasteiger partial charge in [-0.05, 0) is 76.5 Å². The van der Waals surface area contributed by atoms with E-state index in [1.165, 1.54) is 44.6 Å². The number of carbonyl (C=O) groups is 2. The summed E-state index contributed by atoms with van der Waals surface area (Å²) in [5.74, 6) is -0.514. The molecule has 0 radical (unpaired) electrons. The topological polar surface area (TPSA) is 141 Å². The Hall–Kier alpha value is -4.69. The number of nitro benzene ring substituents is 1. The fraction of sp³-hybridized carbons (Fsp3) is 0.115. The Morgan fingerprint density at radius 3 is 2.38 bits per heavy atom. The van der Waals surface area contributed by atoms with Gasteiger partial charge in [-0.1, -0.05) is 6.07 Å². The van der Waals surface area contributed by atoms with E-state index in [1.54, 1.807) is 37.3 Å². The second kappa shape index (κ2) is 11.8. The van der Waals surface area contributed by atoms with Gasteiger partial charge >= 0.3 is 5.97 Å². The summed E-state index contributed by atoms with van der Waals surface area (Å²) in [6, 6.07) is 15.3. The highest BCUT2D eigenvalue weighted by Crippen LogP contribution is 2.38. The van der Waals surface area contributed by atoms with E-state index < -0.39 is 16.8 Å². The summed E-state index contributed by atoms with van der Waals surface area (Å²) in [7, 11) is 2.89. The van der Waals surface area contributed by atoms with Crippen LogP contribution in [0.2, 0.25) is 0 Å². The molecule has 1 amide bonds. The zero-order chi connectivity index (χ0) is 27.1. The maximum Gasteiger partial charge on any atom is 0.343 e. The fourth-order valence-electron chi connectivity index (χ4n) is 3.16. The molecule has 10 nitrogen and oxygen atoms in total. The molecule has 0 bridgehead atoms. The minimum atomic E-state index is -0.754. The van der Waals surface area contributed by atoms with Crippen molar-refractivity contribution in [2.45, 2.75) is 6.92 Å². The van der Waals surface area contributed by atoms with Crippen LogP contribution in [-0.2, 0) is 4.79 Å². The third-order valence-corrected chi connectivity index (χ3v) is 5.72. The highest BCUT2D eigenvalue weighted by molar-refractivity contribution is 9.10. The third-order valence-electron chi connectivity index (χ3n) is 5.13. The second-order valence-corrected chi connectivity index (χ2v) is 8.39. The molecule has 0 saturated heterocycles. The molecule has 0 unspecified atom stereocenters. The summed E-state index contributed by atoms with van der Waals surface area (Å²) in [5, 5.41) is 23.2. The standard InChI is InChI=1S/C26H20BrN3O7/c1-15-4-7-19(30(33)34)13-22(15)29-25(31)18(14-28)10-16-11-21(27)24(23(12-16)36-3)37-26(32)17-5-8-20(35-2)9-6-17/h4-13H,1-3H3,(H,29,31)/b18-10+. The van der Waals surface area contributed by atoms with E-state index in [1.807, 2.05) is 6.07 Å². The molecular weight excluding hydrogens is 546 g/mol. The number of nitro groups is 1. The van der Waals surface area contributed by atoms with Crippen molar-refractivity contribution < 1.29 is 28.7 Å². The number of rotatable bonds is 8. The number of nitrogens with one attached hydrogen (secondary N) is 1. The number of nitrogens with zero attached hydrogens (tertiary/aromatic N) is 2. The highest BCUT2D eigenvalue weighted by atomic mass is 79.9. The maximum absolute atomic E-state index is 12.7. The number of non-ortho nitro benzene ring substituents is 1. The molecule has 37 heavy (non-hydrogen) atoms. The van der Waals surface area contributed by atoms with E-state index in [4.69, 9.17) is 14.2 Å². The molecule has 0 aromatic heterocycles. The van der Waals surface area contributed by atoms with E-state index in [0.717, 1.165) is 0 Å². The van der Waals surface area contributed by atoms with Crippen LogP contribution in [-0.4, -0.2) is 31.0 Å². The van der Waals surface area contributed by atoms with Gasteiger partial charge in [0.25, 0.3) is 11.6 Å². The average molecular weight is 566 g/mol. The Labute approximate surface area is 220 Å². The molecule has 0 heterocycles. The predicted octanol–water partition coefficient (Wildman–Crippen LogP) is 5.45. The molecule has 0 spiro atoms. The highest BCUT2D eigenvalue weighted by Gasteiger charge is 2.19. The molecule has 0 saturated carbocycles. The fourth-order valence-corrected chi connectivity index (χ4v) is 3.70. The van der Waals surface area contributed by atoms with E-state index in [0.29, 0.717) is 26.9 Å². The first-order chi connectivity index (χ1) is 17.7. The molecule has 11 heteroatoms. The van der Waals surface area contributed by atoms with Crippen LogP contribution < -0.4 is 19.5 Å².